The minimum Gasteiger partial charge on any atom is -0.506 e. The van der Waals surface area contributed by atoms with E-state index in [0.29, 0.717) is 64.6 Å². The number of phenols is 1. The minimum absolute atomic E-state index is 0.181. The van der Waals surface area contributed by atoms with E-state index >= 15 is 4.39 Å². The van der Waals surface area contributed by atoms with Gasteiger partial charge in [0, 0.05) is 28.5 Å². The summed E-state index contributed by atoms with van der Waals surface area (Å²) in [5.41, 5.74) is 2.83. The fraction of sp³-hybridized carbons (Fsp3) is 0.148. The van der Waals surface area contributed by atoms with Crippen LogP contribution in [-0.2, 0) is 5.41 Å². The first-order valence-corrected chi connectivity index (χ1v) is 14.2. The van der Waals surface area contributed by atoms with E-state index in [2.05, 4.69) is 20.6 Å². The number of hydrogen-bond acceptors (Lipinski definition) is 7. The molecule has 0 saturated carbocycles. The molecule has 0 unspecified atom stereocenters. The second kappa shape index (κ2) is 9.63. The Bertz CT molecular complexity index is 1770. The number of pyridine rings is 1. The highest BCUT2D eigenvalue weighted by atomic mass is 35.5. The Morgan fingerprint density at radius 3 is 2.64 bits per heavy atom. The molecule has 198 valence electrons. The largest absolute Gasteiger partial charge is 0.506 e. The second-order valence-corrected chi connectivity index (χ2v) is 12.7. The molecular weight excluding hydrogens is 580 g/mol. The number of nitrogens with zero attached hydrogens (tertiary/aromatic N) is 3. The topological polar surface area (TPSA) is 90.4 Å². The van der Waals surface area contributed by atoms with Crippen molar-refractivity contribution in [3.05, 3.63) is 75.5 Å². The van der Waals surface area contributed by atoms with Crippen molar-refractivity contribution in [1.29, 1.82) is 0 Å². The van der Waals surface area contributed by atoms with E-state index < -0.39 is 17.3 Å². The van der Waals surface area contributed by atoms with Crippen LogP contribution in [0.1, 0.15) is 19.4 Å². The Balaban J connectivity index is 1.36. The van der Waals surface area contributed by atoms with Crippen LogP contribution in [0.25, 0.3) is 20.8 Å². The van der Waals surface area contributed by atoms with E-state index in [9.17, 15) is 9.90 Å². The lowest BCUT2D eigenvalue weighted by Crippen LogP contribution is -2.27. The number of aromatic nitrogens is 2. The molecule has 2 amide bonds. The number of para-hydroxylation sites is 2. The Hall–Kier alpha value is -3.44. The number of urea groups is 1. The van der Waals surface area contributed by atoms with Gasteiger partial charge in [-0.2, -0.15) is 0 Å². The van der Waals surface area contributed by atoms with Gasteiger partial charge in [-0.05, 0) is 42.0 Å². The molecule has 5 aromatic rings. The fourth-order valence-corrected chi connectivity index (χ4v) is 7.05. The summed E-state index contributed by atoms with van der Waals surface area (Å²) in [5.74, 6) is -0.698. The lowest BCUT2D eigenvalue weighted by molar-refractivity contribution is 0.262. The van der Waals surface area contributed by atoms with Crippen molar-refractivity contribution in [2.75, 3.05) is 22.1 Å². The van der Waals surface area contributed by atoms with E-state index in [0.717, 1.165) is 6.07 Å². The van der Waals surface area contributed by atoms with Crippen LogP contribution >= 0.6 is 45.9 Å². The third kappa shape index (κ3) is 4.67. The molecule has 2 aromatic carbocycles. The van der Waals surface area contributed by atoms with Gasteiger partial charge in [-0.25, -0.2) is 19.2 Å². The van der Waals surface area contributed by atoms with Gasteiger partial charge in [0.2, 0.25) is 0 Å². The number of rotatable bonds is 4. The maximum atomic E-state index is 15.3. The van der Waals surface area contributed by atoms with Crippen molar-refractivity contribution in [2.24, 2.45) is 0 Å². The number of amides is 2. The van der Waals surface area contributed by atoms with Gasteiger partial charge in [0.05, 0.1) is 21.4 Å². The van der Waals surface area contributed by atoms with E-state index in [1.165, 1.54) is 22.7 Å². The number of carbonyl (C=O) groups excluding carboxylic acids is 1. The zero-order valence-electron chi connectivity index (χ0n) is 20.6. The normalized spacial score (nSPS) is 14.0. The highest BCUT2D eigenvalue weighted by molar-refractivity contribution is 7.22. The van der Waals surface area contributed by atoms with Crippen molar-refractivity contribution in [3.63, 3.8) is 0 Å². The average molecular weight is 601 g/mol. The van der Waals surface area contributed by atoms with E-state index in [4.69, 9.17) is 23.2 Å². The number of carbonyl (C=O) groups is 1. The molecule has 0 atom stereocenters. The van der Waals surface area contributed by atoms with Crippen molar-refractivity contribution in [1.82, 2.24) is 9.97 Å². The molecule has 0 bridgehead atoms. The summed E-state index contributed by atoms with van der Waals surface area (Å²) in [4.78, 5) is 24.8. The molecule has 6 rings (SSSR count). The van der Waals surface area contributed by atoms with Crippen LogP contribution in [0.4, 0.5) is 31.4 Å². The fourth-order valence-electron chi connectivity index (χ4n) is 4.92. The Labute approximate surface area is 240 Å². The minimum atomic E-state index is -0.536. The van der Waals surface area contributed by atoms with Crippen LogP contribution in [-0.4, -0.2) is 27.7 Å². The van der Waals surface area contributed by atoms with Crippen molar-refractivity contribution in [3.8, 4) is 16.2 Å². The number of thiophene rings is 1. The number of halogens is 3. The number of hydrogen-bond donors (Lipinski definition) is 3. The SMILES string of the molecule is CC1(C)CN(c2ccccc2NC(=O)Nc2nc3ccc(Cl)nc3s2)c2c(O)cc(F)c(-c3ccc(Cl)s3)c21. The Morgan fingerprint density at radius 2 is 1.87 bits per heavy atom. The van der Waals surface area contributed by atoms with E-state index in [1.807, 2.05) is 30.9 Å². The molecule has 0 saturated heterocycles. The van der Waals surface area contributed by atoms with Crippen LogP contribution in [0.3, 0.4) is 0 Å². The van der Waals surface area contributed by atoms with Crippen LogP contribution in [0.5, 0.6) is 5.75 Å². The van der Waals surface area contributed by atoms with Gasteiger partial charge in [0.1, 0.15) is 27.1 Å². The lowest BCUT2D eigenvalue weighted by atomic mass is 9.83. The molecule has 3 N–H and O–H groups in total. The van der Waals surface area contributed by atoms with Crippen molar-refractivity contribution >= 4 is 84.4 Å². The molecule has 4 heterocycles. The highest BCUT2D eigenvalue weighted by Crippen LogP contribution is 2.55. The average Bonchev–Trinajstić information content (AvgIpc) is 3.54. The van der Waals surface area contributed by atoms with Crippen LogP contribution in [0.2, 0.25) is 9.49 Å². The van der Waals surface area contributed by atoms with Crippen molar-refractivity contribution in [2.45, 2.75) is 19.3 Å². The monoisotopic (exact) mass is 599 g/mol. The zero-order valence-corrected chi connectivity index (χ0v) is 23.7. The van der Waals surface area contributed by atoms with E-state index in [-0.39, 0.29) is 5.75 Å². The number of fused-ring (bicyclic) bond motifs is 2. The van der Waals surface area contributed by atoms with Crippen LogP contribution in [0, 0.1) is 5.82 Å². The number of benzene rings is 2. The number of anilines is 4. The van der Waals surface area contributed by atoms with Gasteiger partial charge < -0.3 is 15.3 Å². The van der Waals surface area contributed by atoms with Gasteiger partial charge in [-0.15, -0.1) is 11.3 Å². The lowest BCUT2D eigenvalue weighted by Gasteiger charge is -2.25. The molecule has 3 aromatic heterocycles. The first-order valence-electron chi connectivity index (χ1n) is 11.8. The molecule has 0 spiro atoms. The number of nitrogens with one attached hydrogen (secondary N) is 2. The van der Waals surface area contributed by atoms with Crippen molar-refractivity contribution < 1.29 is 14.3 Å². The smallest absolute Gasteiger partial charge is 0.325 e. The summed E-state index contributed by atoms with van der Waals surface area (Å²) < 4.78 is 15.9. The molecule has 0 aliphatic carbocycles. The molecule has 39 heavy (non-hydrogen) atoms. The Kier molecular flexibility index (Phi) is 6.38. The summed E-state index contributed by atoms with van der Waals surface area (Å²) in [6.45, 7) is 4.44. The quantitative estimate of drug-likeness (QED) is 0.180. The van der Waals surface area contributed by atoms with Crippen LogP contribution in [0.15, 0.2) is 54.6 Å². The predicted molar refractivity (Wildman–Crippen MR) is 158 cm³/mol. The first-order chi connectivity index (χ1) is 18.6. The summed E-state index contributed by atoms with van der Waals surface area (Å²) in [5, 5.41) is 17.3. The summed E-state index contributed by atoms with van der Waals surface area (Å²) in [6.07, 6.45) is 0. The molecule has 7 nitrogen and oxygen atoms in total. The van der Waals surface area contributed by atoms with Gasteiger partial charge in [-0.3, -0.25) is 5.32 Å². The molecule has 1 aliphatic heterocycles. The summed E-state index contributed by atoms with van der Waals surface area (Å²) in [6, 6.07) is 14.8. The van der Waals surface area contributed by atoms with Gasteiger partial charge in [-0.1, -0.05) is 60.5 Å². The molecule has 1 aliphatic rings. The zero-order chi connectivity index (χ0) is 27.5. The van der Waals surface area contributed by atoms with Gasteiger partial charge in [0.15, 0.2) is 5.13 Å². The standard InChI is InChI=1S/C27H20Cl2FN5O2S2/c1-27(2)12-35(23-17(36)11-13(30)21(22(23)27)18-8-10-20(29)38-18)16-6-4-3-5-14(16)31-25(37)34-26-32-15-7-9-19(28)33-24(15)39-26/h3-11,36H,12H2,1-2H3,(H2,31,32,34,37). The molecule has 12 heteroatoms. The second-order valence-electron chi connectivity index (χ2n) is 9.62. The molecule has 0 fully saturated rings. The maximum Gasteiger partial charge on any atom is 0.325 e. The summed E-state index contributed by atoms with van der Waals surface area (Å²) >= 11 is 14.6. The first kappa shape index (κ1) is 25.8. The third-order valence-corrected chi connectivity index (χ3v) is 8.78. The summed E-state index contributed by atoms with van der Waals surface area (Å²) in [7, 11) is 0. The number of phenolic OH excluding ortho intramolecular Hbond substituents is 1. The van der Waals surface area contributed by atoms with Gasteiger partial charge >= 0.3 is 6.03 Å². The number of thiazole rings is 1. The van der Waals surface area contributed by atoms with Gasteiger partial charge in [0.25, 0.3) is 0 Å². The Morgan fingerprint density at radius 1 is 1.08 bits per heavy atom. The van der Waals surface area contributed by atoms with Crippen LogP contribution < -0.4 is 15.5 Å². The predicted octanol–water partition coefficient (Wildman–Crippen LogP) is 8.64. The number of aromatic hydroxyl groups is 1. The van der Waals surface area contributed by atoms with E-state index in [1.54, 1.807) is 36.4 Å². The highest BCUT2D eigenvalue weighted by Gasteiger charge is 2.42. The molecular formula is C27H20Cl2FN5O2S2. The third-order valence-electron chi connectivity index (χ3n) is 6.44. The molecule has 0 radical (unpaired) electrons. The maximum absolute atomic E-state index is 15.3.